The quantitative estimate of drug-likeness (QED) is 0.468. The first-order valence-corrected chi connectivity index (χ1v) is 9.88. The maximum Gasteiger partial charge on any atom is 0.378 e. The summed E-state index contributed by atoms with van der Waals surface area (Å²) in [5.74, 6) is 0. The molecule has 1 unspecified atom stereocenters. The molecule has 19 heavy (non-hydrogen) atoms. The van der Waals surface area contributed by atoms with Crippen LogP contribution in [0.2, 0.25) is 6.04 Å². The van der Waals surface area contributed by atoms with Gasteiger partial charge in [0.15, 0.2) is 0 Å². The van der Waals surface area contributed by atoms with Gasteiger partial charge in [-0.25, -0.2) is 0 Å². The molecular weight excluding hydrogens is 274 g/mol. The van der Waals surface area contributed by atoms with E-state index >= 15 is 0 Å². The Morgan fingerprint density at radius 2 is 2.05 bits per heavy atom. The van der Waals surface area contributed by atoms with Crippen molar-refractivity contribution in [3.05, 3.63) is 48.6 Å². The lowest BCUT2D eigenvalue weighted by molar-refractivity contribution is 0.196. The van der Waals surface area contributed by atoms with Crippen molar-refractivity contribution < 1.29 is 4.43 Å². The highest BCUT2D eigenvalue weighted by atomic mass is 35.6. The van der Waals surface area contributed by atoms with Gasteiger partial charge in [0.1, 0.15) is 0 Å². The molecule has 1 heterocycles. The molecule has 1 aliphatic rings. The van der Waals surface area contributed by atoms with Gasteiger partial charge in [-0.1, -0.05) is 50.3 Å². The molecule has 0 bridgehead atoms. The van der Waals surface area contributed by atoms with Crippen LogP contribution < -0.4 is 0 Å². The van der Waals surface area contributed by atoms with Crippen LogP contribution in [0, 0.1) is 0 Å². The van der Waals surface area contributed by atoms with Gasteiger partial charge in [-0.15, -0.1) is 17.7 Å². The van der Waals surface area contributed by atoms with Crippen molar-refractivity contribution in [3.63, 3.8) is 0 Å². The van der Waals surface area contributed by atoms with Gasteiger partial charge in [-0.05, 0) is 12.5 Å². The third-order valence-electron chi connectivity index (χ3n) is 3.65. The molecule has 1 saturated heterocycles. The van der Waals surface area contributed by atoms with E-state index in [1.807, 2.05) is 12.1 Å². The Labute approximate surface area is 121 Å². The molecule has 2 rings (SSSR count). The molecule has 3 atom stereocenters. The van der Waals surface area contributed by atoms with Crippen LogP contribution in [-0.2, 0) is 4.43 Å². The van der Waals surface area contributed by atoms with E-state index in [-0.39, 0.29) is 6.10 Å². The second kappa shape index (κ2) is 5.79. The van der Waals surface area contributed by atoms with E-state index in [9.17, 15) is 0 Å². The molecule has 0 N–H and O–H groups in total. The van der Waals surface area contributed by atoms with Gasteiger partial charge in [0.25, 0.3) is 0 Å². The summed E-state index contributed by atoms with van der Waals surface area (Å²) in [4.78, 5) is 0. The zero-order valence-corrected chi connectivity index (χ0v) is 13.6. The fraction of sp³-hybridized carbons (Fsp3) is 0.467. The Kier molecular flexibility index (Phi) is 4.51. The van der Waals surface area contributed by atoms with Crippen LogP contribution in [0.3, 0.4) is 0 Å². The lowest BCUT2D eigenvalue weighted by atomic mass is 10.0. The van der Waals surface area contributed by atoms with Crippen molar-refractivity contribution in [2.75, 3.05) is 0 Å². The molecule has 4 heteroatoms. The average Bonchev–Trinajstić information content (AvgIpc) is 2.62. The van der Waals surface area contributed by atoms with Gasteiger partial charge in [0, 0.05) is 18.1 Å². The number of hydrogen-bond acceptors (Lipinski definition) is 2. The van der Waals surface area contributed by atoms with Gasteiger partial charge in [-0.2, -0.15) is 0 Å². The number of nitrogens with zero attached hydrogens (tertiary/aromatic N) is 1. The standard InChI is InChI=1S/C15H22ClNOSi/c1-5-11-19(16)17(12(2)3)13(4)15(18-19)14-9-7-6-8-10-14/h5-10,12-13,15H,1,11H2,2-4H3/t13-,15-,19?/m1/s1. The number of hydrogen-bond donors (Lipinski definition) is 0. The molecule has 1 fully saturated rings. The zero-order valence-electron chi connectivity index (χ0n) is 11.8. The lowest BCUT2D eigenvalue weighted by Crippen LogP contribution is -2.51. The maximum absolute atomic E-state index is 6.84. The van der Waals surface area contributed by atoms with Crippen LogP contribution in [0.1, 0.15) is 32.4 Å². The van der Waals surface area contributed by atoms with Crippen molar-refractivity contribution in [2.24, 2.45) is 0 Å². The Bertz CT molecular complexity index is 439. The molecule has 0 saturated carbocycles. The molecule has 0 amide bonds. The number of rotatable bonds is 4. The number of benzene rings is 1. The second-order valence-corrected chi connectivity index (χ2v) is 9.68. The lowest BCUT2D eigenvalue weighted by Gasteiger charge is -2.33. The van der Waals surface area contributed by atoms with Gasteiger partial charge in [0.2, 0.25) is 0 Å². The molecule has 0 spiro atoms. The molecule has 0 aliphatic carbocycles. The van der Waals surface area contributed by atoms with Crippen LogP contribution in [-0.4, -0.2) is 24.4 Å². The second-order valence-electron chi connectivity index (χ2n) is 5.37. The third-order valence-corrected chi connectivity index (χ3v) is 8.07. The first kappa shape index (κ1) is 14.8. The highest BCUT2D eigenvalue weighted by molar-refractivity contribution is 7.15. The summed E-state index contributed by atoms with van der Waals surface area (Å²) in [5.41, 5.74) is 1.21. The monoisotopic (exact) mass is 295 g/mol. The van der Waals surface area contributed by atoms with E-state index in [4.69, 9.17) is 15.5 Å². The molecular formula is C15H22ClNOSi. The van der Waals surface area contributed by atoms with E-state index in [2.05, 4.69) is 56.2 Å². The number of halogens is 1. The maximum atomic E-state index is 6.84. The van der Waals surface area contributed by atoms with Crippen LogP contribution in [0.25, 0.3) is 0 Å². The minimum Gasteiger partial charge on any atom is -0.383 e. The summed E-state index contributed by atoms with van der Waals surface area (Å²) in [6, 6.07) is 11.8. The van der Waals surface area contributed by atoms with Crippen molar-refractivity contribution >= 4 is 18.9 Å². The highest BCUT2D eigenvalue weighted by Gasteiger charge is 2.53. The van der Waals surface area contributed by atoms with Gasteiger partial charge < -0.3 is 4.43 Å². The Morgan fingerprint density at radius 1 is 1.42 bits per heavy atom. The SMILES string of the molecule is C=CC[Si]1(Cl)O[C@@H](c2ccccc2)[C@@H](C)N1C(C)C. The van der Waals surface area contributed by atoms with Crippen LogP contribution >= 0.6 is 11.1 Å². The molecule has 1 aliphatic heterocycles. The van der Waals surface area contributed by atoms with Crippen molar-refractivity contribution in [3.8, 4) is 0 Å². The fourth-order valence-corrected chi connectivity index (χ4v) is 7.66. The Balaban J connectivity index is 2.33. The summed E-state index contributed by atoms with van der Waals surface area (Å²) in [7, 11) is -2.40. The van der Waals surface area contributed by atoms with Gasteiger partial charge >= 0.3 is 7.79 Å². The van der Waals surface area contributed by atoms with Crippen molar-refractivity contribution in [2.45, 2.75) is 45.0 Å². The van der Waals surface area contributed by atoms with E-state index < -0.39 is 7.79 Å². The predicted molar refractivity (Wildman–Crippen MR) is 83.3 cm³/mol. The predicted octanol–water partition coefficient (Wildman–Crippen LogP) is 4.22. The first-order valence-electron chi connectivity index (χ1n) is 6.80. The van der Waals surface area contributed by atoms with Crippen LogP contribution in [0.4, 0.5) is 0 Å². The van der Waals surface area contributed by atoms with E-state index in [0.717, 1.165) is 6.04 Å². The molecule has 0 radical (unpaired) electrons. The highest BCUT2D eigenvalue weighted by Crippen LogP contribution is 2.43. The Morgan fingerprint density at radius 3 is 2.58 bits per heavy atom. The van der Waals surface area contributed by atoms with Gasteiger partial charge in [0.05, 0.1) is 6.10 Å². The largest absolute Gasteiger partial charge is 0.383 e. The molecule has 1 aromatic rings. The van der Waals surface area contributed by atoms with Crippen LogP contribution in [0.5, 0.6) is 0 Å². The minimum atomic E-state index is -2.40. The van der Waals surface area contributed by atoms with E-state index in [1.165, 1.54) is 5.56 Å². The van der Waals surface area contributed by atoms with Crippen LogP contribution in [0.15, 0.2) is 43.0 Å². The summed E-state index contributed by atoms with van der Waals surface area (Å²) in [5, 5.41) is 0. The van der Waals surface area contributed by atoms with E-state index in [1.54, 1.807) is 0 Å². The molecule has 104 valence electrons. The minimum absolute atomic E-state index is 0.0627. The Hall–Kier alpha value is -0.613. The third kappa shape index (κ3) is 2.79. The summed E-state index contributed by atoms with van der Waals surface area (Å²) < 4.78 is 8.69. The molecule has 2 nitrogen and oxygen atoms in total. The summed E-state index contributed by atoms with van der Waals surface area (Å²) >= 11 is 6.84. The van der Waals surface area contributed by atoms with Gasteiger partial charge in [-0.3, -0.25) is 4.57 Å². The normalized spacial score (nSPS) is 31.8. The van der Waals surface area contributed by atoms with E-state index in [0.29, 0.717) is 12.1 Å². The van der Waals surface area contributed by atoms with Crippen molar-refractivity contribution in [1.82, 2.24) is 4.57 Å². The zero-order chi connectivity index (χ0) is 14.0. The molecule has 0 aromatic heterocycles. The average molecular weight is 296 g/mol. The van der Waals surface area contributed by atoms with Crippen molar-refractivity contribution in [1.29, 1.82) is 0 Å². The topological polar surface area (TPSA) is 12.5 Å². The molecule has 1 aromatic carbocycles. The summed E-state index contributed by atoms with van der Waals surface area (Å²) in [6.07, 6.45) is 1.95. The smallest absolute Gasteiger partial charge is 0.378 e. The number of allylic oxidation sites excluding steroid dienone is 1. The fourth-order valence-electron chi connectivity index (χ4n) is 2.98. The summed E-state index contributed by atoms with van der Waals surface area (Å²) in [6.45, 7) is 10.4. The first-order chi connectivity index (χ1) is 8.99.